The van der Waals surface area contributed by atoms with Crippen molar-refractivity contribution in [2.24, 2.45) is 11.8 Å². The molecule has 3 aliphatic rings. The van der Waals surface area contributed by atoms with Crippen LogP contribution in [0.3, 0.4) is 0 Å². The normalized spacial score (nSPS) is 23.3. The lowest BCUT2D eigenvalue weighted by atomic mass is 9.82. The molecule has 5 rings (SSSR count). The second kappa shape index (κ2) is 8.82. The monoisotopic (exact) mass is 456 g/mol. The van der Waals surface area contributed by atoms with Gasteiger partial charge in [0.05, 0.1) is 19.3 Å². The van der Waals surface area contributed by atoms with Crippen molar-refractivity contribution in [3.05, 3.63) is 47.5 Å². The first kappa shape index (κ1) is 21.4. The van der Waals surface area contributed by atoms with Crippen LogP contribution in [0.25, 0.3) is 0 Å². The van der Waals surface area contributed by atoms with E-state index < -0.39 is 24.1 Å². The van der Waals surface area contributed by atoms with E-state index in [2.05, 4.69) is 0 Å². The third-order valence-electron chi connectivity index (χ3n) is 6.02. The summed E-state index contributed by atoms with van der Waals surface area (Å²) in [6.07, 6.45) is -1.02. The van der Waals surface area contributed by atoms with Gasteiger partial charge in [-0.1, -0.05) is 12.1 Å². The molecular weight excluding hydrogens is 432 g/mol. The molecule has 1 saturated heterocycles. The number of carbonyl (C=O) groups is 2. The summed E-state index contributed by atoms with van der Waals surface area (Å²) in [6, 6.07) is 11.1. The lowest BCUT2D eigenvalue weighted by Gasteiger charge is -2.29. The first-order chi connectivity index (χ1) is 16.0. The molecule has 9 nitrogen and oxygen atoms in total. The highest BCUT2D eigenvalue weighted by atomic mass is 16.7. The van der Waals surface area contributed by atoms with Crippen molar-refractivity contribution >= 4 is 11.9 Å². The summed E-state index contributed by atoms with van der Waals surface area (Å²) >= 11 is 0. The standard InChI is InChI=1S/C24H24O9/c1-13(25)27-9-17-18(10-28-23(17)15-3-5-19-21(7-15)31-11-29-19)24(33-14(2)26)16-4-6-20-22(8-16)32-12-30-20/h3-8,17-18,23-24H,9-12H2,1-2H3/t17-,18-,23+,24+/m0/s1. The van der Waals surface area contributed by atoms with Crippen molar-refractivity contribution in [3.8, 4) is 23.0 Å². The van der Waals surface area contributed by atoms with E-state index in [1.54, 1.807) is 6.07 Å². The van der Waals surface area contributed by atoms with E-state index in [9.17, 15) is 9.59 Å². The summed E-state index contributed by atoms with van der Waals surface area (Å²) in [5.41, 5.74) is 1.62. The highest BCUT2D eigenvalue weighted by Crippen LogP contribution is 2.48. The predicted octanol–water partition coefficient (Wildman–Crippen LogP) is 3.32. The predicted molar refractivity (Wildman–Crippen MR) is 112 cm³/mol. The summed E-state index contributed by atoms with van der Waals surface area (Å²) in [4.78, 5) is 23.7. The molecule has 0 radical (unpaired) electrons. The Labute approximate surface area is 190 Å². The molecule has 0 aliphatic carbocycles. The Balaban J connectivity index is 1.48. The van der Waals surface area contributed by atoms with Gasteiger partial charge in [0.25, 0.3) is 0 Å². The molecule has 3 heterocycles. The minimum Gasteiger partial charge on any atom is -0.465 e. The average Bonchev–Trinajstić information content (AvgIpc) is 3.53. The Morgan fingerprint density at radius 3 is 2.27 bits per heavy atom. The van der Waals surface area contributed by atoms with Gasteiger partial charge in [0.15, 0.2) is 23.0 Å². The molecule has 0 bridgehead atoms. The number of fused-ring (bicyclic) bond motifs is 2. The van der Waals surface area contributed by atoms with Gasteiger partial charge in [0.1, 0.15) is 6.10 Å². The van der Waals surface area contributed by atoms with Gasteiger partial charge in [-0.15, -0.1) is 0 Å². The third kappa shape index (κ3) is 4.28. The topological polar surface area (TPSA) is 98.8 Å². The average molecular weight is 456 g/mol. The van der Waals surface area contributed by atoms with Crippen molar-refractivity contribution < 1.29 is 42.7 Å². The maximum Gasteiger partial charge on any atom is 0.303 e. The van der Waals surface area contributed by atoms with Gasteiger partial charge in [0, 0.05) is 25.7 Å². The van der Waals surface area contributed by atoms with E-state index in [0.717, 1.165) is 11.1 Å². The molecule has 174 valence electrons. The molecule has 3 aliphatic heterocycles. The first-order valence-corrected chi connectivity index (χ1v) is 10.7. The van der Waals surface area contributed by atoms with Crippen LogP contribution in [0.4, 0.5) is 0 Å². The Morgan fingerprint density at radius 1 is 0.909 bits per heavy atom. The Kier molecular flexibility index (Phi) is 5.72. The Bertz CT molecular complexity index is 1070. The fourth-order valence-corrected chi connectivity index (χ4v) is 4.53. The minimum absolute atomic E-state index is 0.113. The zero-order valence-corrected chi connectivity index (χ0v) is 18.3. The number of ether oxygens (including phenoxy) is 7. The molecule has 9 heteroatoms. The molecular formula is C24H24O9. The van der Waals surface area contributed by atoms with Crippen molar-refractivity contribution in [1.29, 1.82) is 0 Å². The second-order valence-electron chi connectivity index (χ2n) is 8.14. The largest absolute Gasteiger partial charge is 0.465 e. The molecule has 0 amide bonds. The molecule has 33 heavy (non-hydrogen) atoms. The van der Waals surface area contributed by atoms with Gasteiger partial charge in [0.2, 0.25) is 13.6 Å². The Hall–Kier alpha value is -3.46. The quantitative estimate of drug-likeness (QED) is 0.606. The molecule has 4 atom stereocenters. The van der Waals surface area contributed by atoms with Gasteiger partial charge in [-0.3, -0.25) is 9.59 Å². The number of benzene rings is 2. The van der Waals surface area contributed by atoms with E-state index in [0.29, 0.717) is 29.6 Å². The second-order valence-corrected chi connectivity index (χ2v) is 8.14. The SMILES string of the molecule is CC(=O)OC[C@H]1[C@@H]([C@H](OC(C)=O)c2ccc3c(c2)OCO3)CO[C@@H]1c1ccc2c(c1)OCO2. The first-order valence-electron chi connectivity index (χ1n) is 10.7. The van der Waals surface area contributed by atoms with Crippen LogP contribution in [0.1, 0.15) is 37.2 Å². The van der Waals surface area contributed by atoms with E-state index in [1.807, 2.05) is 30.3 Å². The summed E-state index contributed by atoms with van der Waals surface area (Å²) in [5.74, 6) is 1.17. The maximum atomic E-state index is 12.0. The summed E-state index contributed by atoms with van der Waals surface area (Å²) in [7, 11) is 0. The summed E-state index contributed by atoms with van der Waals surface area (Å²) in [6.45, 7) is 3.46. The van der Waals surface area contributed by atoms with Crippen molar-refractivity contribution in [3.63, 3.8) is 0 Å². The van der Waals surface area contributed by atoms with Crippen molar-refractivity contribution in [2.75, 3.05) is 26.8 Å². The molecule has 0 saturated carbocycles. The van der Waals surface area contributed by atoms with Crippen LogP contribution in [-0.2, 0) is 23.8 Å². The van der Waals surface area contributed by atoms with Gasteiger partial charge < -0.3 is 33.2 Å². The number of hydrogen-bond donors (Lipinski definition) is 0. The number of rotatable bonds is 6. The number of hydrogen-bond acceptors (Lipinski definition) is 9. The molecule has 0 N–H and O–H groups in total. The highest BCUT2D eigenvalue weighted by Gasteiger charge is 2.45. The van der Waals surface area contributed by atoms with Gasteiger partial charge in [-0.2, -0.15) is 0 Å². The maximum absolute atomic E-state index is 12.0. The van der Waals surface area contributed by atoms with E-state index >= 15 is 0 Å². The number of carbonyl (C=O) groups excluding carboxylic acids is 2. The molecule has 1 fully saturated rings. The molecule has 0 unspecified atom stereocenters. The van der Waals surface area contributed by atoms with Crippen LogP contribution in [0.5, 0.6) is 23.0 Å². The van der Waals surface area contributed by atoms with Gasteiger partial charge in [-0.25, -0.2) is 0 Å². The van der Waals surface area contributed by atoms with Crippen LogP contribution in [-0.4, -0.2) is 38.7 Å². The fourth-order valence-electron chi connectivity index (χ4n) is 4.53. The molecule has 0 aromatic heterocycles. The van der Waals surface area contributed by atoms with E-state index in [4.69, 9.17) is 33.2 Å². The van der Waals surface area contributed by atoms with Crippen LogP contribution in [0.2, 0.25) is 0 Å². The zero-order valence-electron chi connectivity index (χ0n) is 18.3. The highest BCUT2D eigenvalue weighted by molar-refractivity contribution is 5.66. The Morgan fingerprint density at radius 2 is 1.58 bits per heavy atom. The lowest BCUT2D eigenvalue weighted by molar-refractivity contribution is -0.153. The zero-order chi connectivity index (χ0) is 22.9. The number of esters is 2. The summed E-state index contributed by atoms with van der Waals surface area (Å²) in [5, 5.41) is 0. The smallest absolute Gasteiger partial charge is 0.303 e. The third-order valence-corrected chi connectivity index (χ3v) is 6.02. The minimum atomic E-state index is -0.628. The van der Waals surface area contributed by atoms with Gasteiger partial charge >= 0.3 is 11.9 Å². The lowest BCUT2D eigenvalue weighted by Crippen LogP contribution is -2.29. The fraction of sp³-hybridized carbons (Fsp3) is 0.417. The molecule has 0 spiro atoms. The molecule has 2 aromatic rings. The molecule has 2 aromatic carbocycles. The summed E-state index contributed by atoms with van der Waals surface area (Å²) < 4.78 is 39.2. The van der Waals surface area contributed by atoms with E-state index in [1.165, 1.54) is 13.8 Å². The van der Waals surface area contributed by atoms with Crippen molar-refractivity contribution in [1.82, 2.24) is 0 Å². The van der Waals surface area contributed by atoms with E-state index in [-0.39, 0.29) is 32.0 Å². The van der Waals surface area contributed by atoms with Crippen LogP contribution in [0.15, 0.2) is 36.4 Å². The van der Waals surface area contributed by atoms with Crippen molar-refractivity contribution in [2.45, 2.75) is 26.1 Å². The van der Waals surface area contributed by atoms with Gasteiger partial charge in [-0.05, 0) is 35.4 Å². The van der Waals surface area contributed by atoms with Crippen LogP contribution in [0, 0.1) is 11.8 Å². The van der Waals surface area contributed by atoms with Crippen LogP contribution >= 0.6 is 0 Å². The van der Waals surface area contributed by atoms with Crippen LogP contribution < -0.4 is 18.9 Å².